The van der Waals surface area contributed by atoms with Gasteiger partial charge in [0.05, 0.1) is 12.8 Å². The van der Waals surface area contributed by atoms with Crippen LogP contribution in [0.2, 0.25) is 0 Å². The maximum atomic E-state index is 5.23. The third-order valence-electron chi connectivity index (χ3n) is 2.87. The second kappa shape index (κ2) is 6.73. The van der Waals surface area contributed by atoms with Gasteiger partial charge in [0, 0.05) is 18.2 Å². The second-order valence-corrected chi connectivity index (χ2v) is 4.30. The van der Waals surface area contributed by atoms with Crippen molar-refractivity contribution in [2.24, 2.45) is 0 Å². The van der Waals surface area contributed by atoms with Crippen LogP contribution < -0.4 is 10.1 Å². The van der Waals surface area contributed by atoms with E-state index in [1.165, 1.54) is 6.42 Å². The first-order valence-corrected chi connectivity index (χ1v) is 6.54. The van der Waals surface area contributed by atoms with Gasteiger partial charge < -0.3 is 10.1 Å². The molecule has 1 heterocycles. The van der Waals surface area contributed by atoms with Crippen LogP contribution in [0.1, 0.15) is 19.8 Å². The molecule has 1 N–H and O–H groups in total. The van der Waals surface area contributed by atoms with Crippen LogP contribution in [0.5, 0.6) is 5.75 Å². The molecule has 0 atom stereocenters. The third kappa shape index (κ3) is 3.68. The van der Waals surface area contributed by atoms with Gasteiger partial charge in [0.2, 0.25) is 0 Å². The van der Waals surface area contributed by atoms with Crippen LogP contribution in [0.15, 0.2) is 36.7 Å². The maximum absolute atomic E-state index is 5.23. The molecule has 0 bridgehead atoms. The zero-order valence-electron chi connectivity index (χ0n) is 11.4. The van der Waals surface area contributed by atoms with Crippen molar-refractivity contribution in [3.05, 3.63) is 36.7 Å². The van der Waals surface area contributed by atoms with Gasteiger partial charge in [-0.05, 0) is 18.6 Å². The second-order valence-electron chi connectivity index (χ2n) is 4.30. The van der Waals surface area contributed by atoms with E-state index in [2.05, 4.69) is 22.2 Å². The summed E-state index contributed by atoms with van der Waals surface area (Å²) in [5.74, 6) is 1.69. The van der Waals surface area contributed by atoms with Gasteiger partial charge in [0.25, 0.3) is 0 Å². The highest BCUT2D eigenvalue weighted by Gasteiger charge is 2.03. The molecular formula is C15H19N3O. The molecular weight excluding hydrogens is 238 g/mol. The Morgan fingerprint density at radius 2 is 2.11 bits per heavy atom. The summed E-state index contributed by atoms with van der Waals surface area (Å²) in [6.07, 6.45) is 3.89. The van der Waals surface area contributed by atoms with E-state index in [0.717, 1.165) is 35.8 Å². The van der Waals surface area contributed by atoms with Crippen molar-refractivity contribution in [3.63, 3.8) is 0 Å². The number of hydrogen-bond acceptors (Lipinski definition) is 4. The van der Waals surface area contributed by atoms with Crippen LogP contribution in [-0.2, 0) is 0 Å². The minimum absolute atomic E-state index is 0.830. The van der Waals surface area contributed by atoms with Gasteiger partial charge in [0.1, 0.15) is 17.9 Å². The lowest BCUT2D eigenvalue weighted by Crippen LogP contribution is -2.03. The standard InChI is InChI=1S/C15H19N3O/c1-3-4-8-16-15-10-14(17-11-18-15)12-6-5-7-13(9-12)19-2/h5-7,9-11H,3-4,8H2,1-2H3,(H,16,17,18). The smallest absolute Gasteiger partial charge is 0.129 e. The molecule has 4 nitrogen and oxygen atoms in total. The van der Waals surface area contributed by atoms with Crippen LogP contribution in [0, 0.1) is 0 Å². The summed E-state index contributed by atoms with van der Waals surface area (Å²) in [4.78, 5) is 8.53. The molecule has 0 aliphatic carbocycles. The highest BCUT2D eigenvalue weighted by atomic mass is 16.5. The first-order valence-electron chi connectivity index (χ1n) is 6.54. The monoisotopic (exact) mass is 257 g/mol. The molecule has 100 valence electrons. The SMILES string of the molecule is CCCCNc1cc(-c2cccc(OC)c2)ncn1. The summed E-state index contributed by atoms with van der Waals surface area (Å²) in [7, 11) is 1.66. The minimum atomic E-state index is 0.830. The molecule has 0 radical (unpaired) electrons. The molecule has 2 rings (SSSR count). The molecule has 0 aliphatic heterocycles. The number of benzene rings is 1. The molecule has 0 saturated heterocycles. The Morgan fingerprint density at radius 1 is 1.21 bits per heavy atom. The summed E-state index contributed by atoms with van der Waals surface area (Å²) in [6, 6.07) is 9.83. The van der Waals surface area contributed by atoms with E-state index in [4.69, 9.17) is 4.74 Å². The van der Waals surface area contributed by atoms with Gasteiger partial charge in [-0.15, -0.1) is 0 Å². The fourth-order valence-electron chi connectivity index (χ4n) is 1.79. The molecule has 0 saturated carbocycles. The largest absolute Gasteiger partial charge is 0.497 e. The van der Waals surface area contributed by atoms with E-state index in [0.29, 0.717) is 0 Å². The Morgan fingerprint density at radius 3 is 2.89 bits per heavy atom. The molecule has 0 fully saturated rings. The number of aromatic nitrogens is 2. The van der Waals surface area contributed by atoms with Gasteiger partial charge in [-0.25, -0.2) is 9.97 Å². The number of nitrogens with one attached hydrogen (secondary N) is 1. The van der Waals surface area contributed by atoms with Gasteiger partial charge >= 0.3 is 0 Å². The molecule has 4 heteroatoms. The number of hydrogen-bond donors (Lipinski definition) is 1. The molecule has 1 aromatic heterocycles. The van der Waals surface area contributed by atoms with E-state index >= 15 is 0 Å². The molecule has 2 aromatic rings. The highest BCUT2D eigenvalue weighted by Crippen LogP contribution is 2.23. The average molecular weight is 257 g/mol. The molecule has 19 heavy (non-hydrogen) atoms. The van der Waals surface area contributed by atoms with Crippen molar-refractivity contribution in [2.75, 3.05) is 19.0 Å². The maximum Gasteiger partial charge on any atom is 0.129 e. The first kappa shape index (κ1) is 13.3. The van der Waals surface area contributed by atoms with Crippen LogP contribution in [0.4, 0.5) is 5.82 Å². The summed E-state index contributed by atoms with van der Waals surface area (Å²) in [6.45, 7) is 3.11. The molecule has 0 aliphatic rings. The van der Waals surface area contributed by atoms with Gasteiger partial charge in [-0.1, -0.05) is 25.5 Å². The summed E-state index contributed by atoms with van der Waals surface area (Å²) >= 11 is 0. The first-order chi connectivity index (χ1) is 9.33. The topological polar surface area (TPSA) is 47.0 Å². The van der Waals surface area contributed by atoms with E-state index < -0.39 is 0 Å². The van der Waals surface area contributed by atoms with E-state index in [1.807, 2.05) is 30.3 Å². The molecule has 1 aromatic carbocycles. The Kier molecular flexibility index (Phi) is 4.72. The fraction of sp³-hybridized carbons (Fsp3) is 0.333. The summed E-state index contributed by atoms with van der Waals surface area (Å²) in [5, 5.41) is 3.30. The number of rotatable bonds is 6. The summed E-state index contributed by atoms with van der Waals surface area (Å²) < 4.78 is 5.23. The predicted octanol–water partition coefficient (Wildman–Crippen LogP) is 3.36. The third-order valence-corrected chi connectivity index (χ3v) is 2.87. The van der Waals surface area contributed by atoms with Crippen molar-refractivity contribution in [1.82, 2.24) is 9.97 Å². The van der Waals surface area contributed by atoms with Crippen LogP contribution in [0.3, 0.4) is 0 Å². The Bertz CT molecular complexity index is 528. The Balaban J connectivity index is 2.17. The van der Waals surface area contributed by atoms with Crippen LogP contribution in [-0.4, -0.2) is 23.6 Å². The zero-order chi connectivity index (χ0) is 13.5. The lowest BCUT2D eigenvalue weighted by atomic mass is 10.1. The van der Waals surface area contributed by atoms with E-state index in [-0.39, 0.29) is 0 Å². The number of methoxy groups -OCH3 is 1. The molecule has 0 spiro atoms. The number of anilines is 1. The number of ether oxygens (including phenoxy) is 1. The van der Waals surface area contributed by atoms with Crippen molar-refractivity contribution >= 4 is 5.82 Å². The Hall–Kier alpha value is -2.10. The summed E-state index contributed by atoms with van der Waals surface area (Å²) in [5.41, 5.74) is 1.92. The quantitative estimate of drug-likeness (QED) is 0.806. The lowest BCUT2D eigenvalue weighted by molar-refractivity contribution is 0.415. The fourth-order valence-corrected chi connectivity index (χ4v) is 1.79. The van der Waals surface area contributed by atoms with E-state index in [1.54, 1.807) is 13.4 Å². The minimum Gasteiger partial charge on any atom is -0.497 e. The van der Waals surface area contributed by atoms with Crippen LogP contribution >= 0.6 is 0 Å². The van der Waals surface area contributed by atoms with Crippen LogP contribution in [0.25, 0.3) is 11.3 Å². The van der Waals surface area contributed by atoms with Crippen molar-refractivity contribution < 1.29 is 4.74 Å². The normalized spacial score (nSPS) is 10.2. The van der Waals surface area contributed by atoms with Crippen molar-refractivity contribution in [1.29, 1.82) is 0 Å². The molecule has 0 unspecified atom stereocenters. The Labute approximate surface area is 113 Å². The zero-order valence-corrected chi connectivity index (χ0v) is 11.4. The lowest BCUT2D eigenvalue weighted by Gasteiger charge is -2.07. The highest BCUT2D eigenvalue weighted by molar-refractivity contribution is 5.63. The number of nitrogens with zero attached hydrogens (tertiary/aromatic N) is 2. The molecule has 0 amide bonds. The van der Waals surface area contributed by atoms with Crippen molar-refractivity contribution in [2.45, 2.75) is 19.8 Å². The average Bonchev–Trinajstić information content (AvgIpc) is 2.48. The van der Waals surface area contributed by atoms with Gasteiger partial charge in [-0.3, -0.25) is 0 Å². The number of unbranched alkanes of at least 4 members (excludes halogenated alkanes) is 1. The van der Waals surface area contributed by atoms with E-state index in [9.17, 15) is 0 Å². The van der Waals surface area contributed by atoms with Crippen molar-refractivity contribution in [3.8, 4) is 17.0 Å². The van der Waals surface area contributed by atoms with Gasteiger partial charge in [0.15, 0.2) is 0 Å². The predicted molar refractivity (Wildman–Crippen MR) is 77.4 cm³/mol. The van der Waals surface area contributed by atoms with Gasteiger partial charge in [-0.2, -0.15) is 0 Å².